The summed E-state index contributed by atoms with van der Waals surface area (Å²) in [5, 5.41) is 0. The molecule has 0 aliphatic carbocycles. The molecule has 1 aliphatic heterocycles. The van der Waals surface area contributed by atoms with Crippen LogP contribution in [-0.4, -0.2) is 68.6 Å². The van der Waals surface area contributed by atoms with Gasteiger partial charge in [0.15, 0.2) is 5.78 Å². The topological polar surface area (TPSA) is 85.4 Å². The highest BCUT2D eigenvalue weighted by Gasteiger charge is 2.39. The van der Waals surface area contributed by atoms with Crippen LogP contribution in [0.3, 0.4) is 0 Å². The average Bonchev–Trinajstić information content (AvgIpc) is 3.09. The number of carbonyl (C=O) groups is 3. The third kappa shape index (κ3) is 10.3. The van der Waals surface area contributed by atoms with Gasteiger partial charge in [0.25, 0.3) is 0 Å². The Kier molecular flexibility index (Phi) is 13.7. The molecule has 1 saturated heterocycles. The number of Topliss-reactive ketones (excluding diaryl/α,β-unsaturated/α-hetero) is 1. The Morgan fingerprint density at radius 1 is 0.822 bits per heavy atom. The third-order valence-corrected chi connectivity index (χ3v) is 7.80. The van der Waals surface area contributed by atoms with Crippen molar-refractivity contribution in [3.05, 3.63) is 126 Å². The summed E-state index contributed by atoms with van der Waals surface area (Å²) in [5.41, 5.74) is 4.21. The van der Waals surface area contributed by atoms with Gasteiger partial charge in [0.2, 0.25) is 0 Å². The molecule has 0 bridgehead atoms. The SMILES string of the molecule is C=CC(=O)OCc1cccc(COC(=O)C=C)c1.CCC(Cc1ccccc1)(C(=O)c1ccc(N2CCOCC2)cc1)N(C)C. The minimum Gasteiger partial charge on any atom is -0.458 e. The zero-order chi connectivity index (χ0) is 32.7. The van der Waals surface area contributed by atoms with Gasteiger partial charge in [-0.05, 0) is 74.0 Å². The quantitative estimate of drug-likeness (QED) is 0.136. The van der Waals surface area contributed by atoms with Gasteiger partial charge in [-0.25, -0.2) is 9.59 Å². The summed E-state index contributed by atoms with van der Waals surface area (Å²) in [6, 6.07) is 25.6. The molecule has 8 heteroatoms. The van der Waals surface area contributed by atoms with Crippen LogP contribution in [0.4, 0.5) is 5.69 Å². The summed E-state index contributed by atoms with van der Waals surface area (Å²) in [6.07, 6.45) is 3.69. The first kappa shape index (κ1) is 35.0. The van der Waals surface area contributed by atoms with Crippen molar-refractivity contribution in [2.75, 3.05) is 45.3 Å². The molecule has 1 fully saturated rings. The highest BCUT2D eigenvalue weighted by molar-refractivity contribution is 6.03. The number of anilines is 1. The lowest BCUT2D eigenvalue weighted by atomic mass is 9.80. The van der Waals surface area contributed by atoms with Gasteiger partial charge in [-0.3, -0.25) is 9.69 Å². The molecule has 0 N–H and O–H groups in total. The highest BCUT2D eigenvalue weighted by atomic mass is 16.5. The van der Waals surface area contributed by atoms with E-state index >= 15 is 0 Å². The molecule has 4 rings (SSSR count). The molecule has 0 aromatic heterocycles. The molecule has 1 atom stereocenters. The largest absolute Gasteiger partial charge is 0.458 e. The maximum Gasteiger partial charge on any atom is 0.330 e. The second-order valence-electron chi connectivity index (χ2n) is 10.9. The maximum atomic E-state index is 13.6. The van der Waals surface area contributed by atoms with E-state index in [1.807, 2.05) is 56.6 Å². The summed E-state index contributed by atoms with van der Waals surface area (Å²) < 4.78 is 15.2. The van der Waals surface area contributed by atoms with Crippen molar-refractivity contribution >= 4 is 23.4 Å². The number of nitrogens with zero attached hydrogens (tertiary/aromatic N) is 2. The van der Waals surface area contributed by atoms with E-state index in [0.29, 0.717) is 6.42 Å². The summed E-state index contributed by atoms with van der Waals surface area (Å²) in [6.45, 7) is 12.4. The van der Waals surface area contributed by atoms with Crippen molar-refractivity contribution in [3.63, 3.8) is 0 Å². The molecule has 0 amide bonds. The molecule has 0 radical (unpaired) electrons. The van der Waals surface area contributed by atoms with Gasteiger partial charge in [-0.1, -0.05) is 68.6 Å². The first-order chi connectivity index (χ1) is 21.7. The van der Waals surface area contributed by atoms with E-state index < -0.39 is 17.5 Å². The molecule has 1 aliphatic rings. The zero-order valence-electron chi connectivity index (χ0n) is 26.6. The number of ketones is 1. The number of hydrogen-bond donors (Lipinski definition) is 0. The second kappa shape index (κ2) is 17.7. The predicted molar refractivity (Wildman–Crippen MR) is 177 cm³/mol. The first-order valence-electron chi connectivity index (χ1n) is 15.1. The van der Waals surface area contributed by atoms with E-state index in [1.165, 1.54) is 5.56 Å². The molecule has 0 spiro atoms. The van der Waals surface area contributed by atoms with Crippen LogP contribution in [0.15, 0.2) is 104 Å². The Morgan fingerprint density at radius 3 is 1.84 bits per heavy atom. The Hall–Kier alpha value is -4.53. The van der Waals surface area contributed by atoms with E-state index in [4.69, 9.17) is 14.2 Å². The second-order valence-corrected chi connectivity index (χ2v) is 10.9. The molecule has 238 valence electrons. The van der Waals surface area contributed by atoms with Crippen molar-refractivity contribution in [3.8, 4) is 0 Å². The van der Waals surface area contributed by atoms with Gasteiger partial charge >= 0.3 is 11.9 Å². The van der Waals surface area contributed by atoms with E-state index in [1.54, 1.807) is 12.1 Å². The standard InChI is InChI=1S/C23H30N2O2.C14H14O4/c1-4-23(24(2)3,18-19-8-6-5-7-9-19)22(26)20-10-12-21(13-11-20)25-14-16-27-17-15-25;1-3-13(15)17-9-11-6-5-7-12(8-11)10-18-14(16)4-2/h5-13H,4,14-18H2,1-3H3;3-8H,1-2,9-10H2. The number of hydrogen-bond acceptors (Lipinski definition) is 8. The van der Waals surface area contributed by atoms with Crippen molar-refractivity contribution < 1.29 is 28.6 Å². The first-order valence-corrected chi connectivity index (χ1v) is 15.1. The Bertz CT molecular complexity index is 1380. The van der Waals surface area contributed by atoms with Crippen LogP contribution < -0.4 is 4.90 Å². The number of carbonyl (C=O) groups excluding carboxylic acids is 3. The molecule has 0 saturated carbocycles. The molecular formula is C37H44N2O6. The molecular weight excluding hydrogens is 568 g/mol. The minimum atomic E-state index is -0.540. The van der Waals surface area contributed by atoms with Crippen LogP contribution in [0, 0.1) is 0 Å². The Balaban J connectivity index is 0.000000268. The van der Waals surface area contributed by atoms with Gasteiger partial charge in [0, 0.05) is 36.5 Å². The van der Waals surface area contributed by atoms with Crippen LogP contribution in [0.2, 0.25) is 0 Å². The predicted octanol–water partition coefficient (Wildman–Crippen LogP) is 5.80. The van der Waals surface area contributed by atoms with Crippen molar-refractivity contribution in [2.45, 2.75) is 38.5 Å². The summed E-state index contributed by atoms with van der Waals surface area (Å²) in [4.78, 5) is 39.8. The maximum absolute atomic E-state index is 13.6. The highest BCUT2D eigenvalue weighted by Crippen LogP contribution is 2.29. The fraction of sp³-hybridized carbons (Fsp3) is 0.324. The van der Waals surface area contributed by atoms with Crippen LogP contribution in [0.5, 0.6) is 0 Å². The summed E-state index contributed by atoms with van der Waals surface area (Å²) >= 11 is 0. The van der Waals surface area contributed by atoms with Crippen molar-refractivity contribution in [2.24, 2.45) is 0 Å². The zero-order valence-corrected chi connectivity index (χ0v) is 26.6. The number of likely N-dealkylation sites (N-methyl/N-ethyl adjacent to an activating group) is 1. The molecule has 1 unspecified atom stereocenters. The average molecular weight is 613 g/mol. The van der Waals surface area contributed by atoms with E-state index in [2.05, 4.69) is 54.1 Å². The van der Waals surface area contributed by atoms with Crippen LogP contribution in [0.1, 0.15) is 40.4 Å². The lowest BCUT2D eigenvalue weighted by molar-refractivity contribution is -0.139. The Labute approximate surface area is 266 Å². The smallest absolute Gasteiger partial charge is 0.330 e. The van der Waals surface area contributed by atoms with Gasteiger partial charge in [0.1, 0.15) is 13.2 Å². The van der Waals surface area contributed by atoms with Crippen molar-refractivity contribution in [1.29, 1.82) is 0 Å². The Morgan fingerprint density at radius 2 is 1.36 bits per heavy atom. The van der Waals surface area contributed by atoms with E-state index in [0.717, 1.165) is 67.3 Å². The third-order valence-electron chi connectivity index (χ3n) is 7.80. The minimum absolute atomic E-state index is 0.161. The number of rotatable bonds is 13. The number of ether oxygens (including phenoxy) is 3. The summed E-state index contributed by atoms with van der Waals surface area (Å²) in [5.74, 6) is -0.760. The molecule has 8 nitrogen and oxygen atoms in total. The fourth-order valence-corrected chi connectivity index (χ4v) is 5.13. The molecule has 3 aromatic rings. The van der Waals surface area contributed by atoms with Crippen LogP contribution in [-0.2, 0) is 43.4 Å². The molecule has 1 heterocycles. The van der Waals surface area contributed by atoms with Crippen LogP contribution >= 0.6 is 0 Å². The van der Waals surface area contributed by atoms with Gasteiger partial charge < -0.3 is 19.1 Å². The lowest BCUT2D eigenvalue weighted by Crippen LogP contribution is -2.52. The van der Waals surface area contributed by atoms with Gasteiger partial charge in [-0.15, -0.1) is 0 Å². The van der Waals surface area contributed by atoms with Crippen molar-refractivity contribution in [1.82, 2.24) is 4.90 Å². The number of esters is 2. The van der Waals surface area contributed by atoms with E-state index in [-0.39, 0.29) is 19.0 Å². The van der Waals surface area contributed by atoms with E-state index in [9.17, 15) is 14.4 Å². The van der Waals surface area contributed by atoms with Crippen LogP contribution in [0.25, 0.3) is 0 Å². The normalized spacial score (nSPS) is 13.9. The number of benzene rings is 3. The monoisotopic (exact) mass is 612 g/mol. The summed E-state index contributed by atoms with van der Waals surface area (Å²) in [7, 11) is 4.01. The molecule has 3 aromatic carbocycles. The van der Waals surface area contributed by atoms with Gasteiger partial charge in [0.05, 0.1) is 18.8 Å². The fourth-order valence-electron chi connectivity index (χ4n) is 5.13. The lowest BCUT2D eigenvalue weighted by Gasteiger charge is -2.38. The van der Waals surface area contributed by atoms with Gasteiger partial charge in [-0.2, -0.15) is 0 Å². The number of morpholine rings is 1. The molecule has 45 heavy (non-hydrogen) atoms.